The number of pyridine rings is 1. The molecule has 0 fully saturated rings. The first-order valence-corrected chi connectivity index (χ1v) is 8.45. The van der Waals surface area contributed by atoms with E-state index in [4.69, 9.17) is 9.72 Å². The summed E-state index contributed by atoms with van der Waals surface area (Å²) in [5.41, 5.74) is 4.17. The SMILES string of the molecule is Cc1ccc(C(=O)O[13c]2cc(-c3ccccc3)nc3ccccc32)cc1. The van der Waals surface area contributed by atoms with Crippen molar-refractivity contribution in [3.05, 3.63) is 96.1 Å². The van der Waals surface area contributed by atoms with E-state index >= 15 is 0 Å². The number of ether oxygens (including phenoxy) is 1. The Labute approximate surface area is 151 Å². The molecule has 4 rings (SSSR count). The third kappa shape index (κ3) is 3.20. The fourth-order valence-electron chi connectivity index (χ4n) is 2.83. The van der Waals surface area contributed by atoms with Gasteiger partial charge >= 0.3 is 5.97 Å². The third-order valence-electron chi connectivity index (χ3n) is 4.24. The lowest BCUT2D eigenvalue weighted by Gasteiger charge is -2.10. The van der Waals surface area contributed by atoms with Gasteiger partial charge in [0, 0.05) is 17.0 Å². The summed E-state index contributed by atoms with van der Waals surface area (Å²) in [6, 6.07) is 26.7. The van der Waals surface area contributed by atoms with Crippen LogP contribution in [0.3, 0.4) is 0 Å². The number of aromatic nitrogens is 1. The Kier molecular flexibility index (Phi) is 4.20. The minimum atomic E-state index is -0.375. The first-order valence-electron chi connectivity index (χ1n) is 8.45. The second-order valence-corrected chi connectivity index (χ2v) is 6.14. The lowest BCUT2D eigenvalue weighted by Crippen LogP contribution is -2.09. The van der Waals surface area contributed by atoms with Crippen molar-refractivity contribution in [1.82, 2.24) is 4.98 Å². The molecule has 1 aromatic heterocycles. The Balaban J connectivity index is 1.78. The summed E-state index contributed by atoms with van der Waals surface area (Å²) in [5.74, 6) is 0.139. The zero-order valence-electron chi connectivity index (χ0n) is 14.3. The molecular formula is C23H17NO2. The Morgan fingerprint density at radius 3 is 2.31 bits per heavy atom. The van der Waals surface area contributed by atoms with Crippen LogP contribution in [0.25, 0.3) is 22.2 Å². The fraction of sp³-hybridized carbons (Fsp3) is 0.0435. The quantitative estimate of drug-likeness (QED) is 0.467. The molecule has 0 aliphatic carbocycles. The van der Waals surface area contributed by atoms with Crippen LogP contribution in [0.5, 0.6) is 5.75 Å². The van der Waals surface area contributed by atoms with Crippen molar-refractivity contribution in [3.8, 4) is 17.0 Å². The zero-order valence-corrected chi connectivity index (χ0v) is 14.3. The molecule has 3 aromatic carbocycles. The molecular weight excluding hydrogens is 323 g/mol. The van der Waals surface area contributed by atoms with Crippen molar-refractivity contribution in [2.75, 3.05) is 0 Å². The van der Waals surface area contributed by atoms with Gasteiger partial charge in [-0.2, -0.15) is 0 Å². The third-order valence-corrected chi connectivity index (χ3v) is 4.24. The van der Waals surface area contributed by atoms with Crippen LogP contribution in [-0.4, -0.2) is 11.0 Å². The summed E-state index contributed by atoms with van der Waals surface area (Å²) in [6.45, 7) is 1.98. The molecule has 0 aliphatic heterocycles. The smallest absolute Gasteiger partial charge is 0.343 e. The number of rotatable bonds is 3. The average molecular weight is 340 g/mol. The highest BCUT2D eigenvalue weighted by molar-refractivity contribution is 5.95. The lowest BCUT2D eigenvalue weighted by atomic mass is 10.1. The molecule has 3 nitrogen and oxygen atoms in total. The van der Waals surface area contributed by atoms with Gasteiger partial charge in [-0.15, -0.1) is 0 Å². The summed E-state index contributed by atoms with van der Waals surface area (Å²) in [7, 11) is 0. The van der Waals surface area contributed by atoms with Crippen LogP contribution < -0.4 is 4.74 Å². The Morgan fingerprint density at radius 2 is 1.54 bits per heavy atom. The van der Waals surface area contributed by atoms with Crippen molar-refractivity contribution in [2.45, 2.75) is 6.92 Å². The molecule has 0 bridgehead atoms. The van der Waals surface area contributed by atoms with Gasteiger partial charge in [0.25, 0.3) is 0 Å². The van der Waals surface area contributed by atoms with Gasteiger partial charge in [-0.05, 0) is 31.2 Å². The van der Waals surface area contributed by atoms with E-state index in [1.165, 1.54) is 0 Å². The number of fused-ring (bicyclic) bond motifs is 1. The van der Waals surface area contributed by atoms with Crippen LogP contribution in [0, 0.1) is 6.92 Å². The predicted molar refractivity (Wildman–Crippen MR) is 103 cm³/mol. The van der Waals surface area contributed by atoms with Gasteiger partial charge in [0.05, 0.1) is 16.8 Å². The molecule has 1 heterocycles. The van der Waals surface area contributed by atoms with E-state index < -0.39 is 0 Å². The molecule has 0 aliphatic rings. The minimum Gasteiger partial charge on any atom is -0.422 e. The zero-order chi connectivity index (χ0) is 17.9. The van der Waals surface area contributed by atoms with Crippen molar-refractivity contribution in [1.29, 1.82) is 0 Å². The van der Waals surface area contributed by atoms with E-state index in [0.29, 0.717) is 11.3 Å². The molecule has 0 saturated carbocycles. The molecule has 0 unspecified atom stereocenters. The highest BCUT2D eigenvalue weighted by Gasteiger charge is 2.13. The number of hydrogen-bond donors (Lipinski definition) is 0. The van der Waals surface area contributed by atoms with Crippen LogP contribution >= 0.6 is 0 Å². The van der Waals surface area contributed by atoms with E-state index in [2.05, 4.69) is 0 Å². The molecule has 0 spiro atoms. The second-order valence-electron chi connectivity index (χ2n) is 6.14. The van der Waals surface area contributed by atoms with Gasteiger partial charge in [-0.3, -0.25) is 0 Å². The summed E-state index contributed by atoms with van der Waals surface area (Å²) >= 11 is 0. The highest BCUT2D eigenvalue weighted by atomic mass is 16.6. The van der Waals surface area contributed by atoms with Crippen LogP contribution in [-0.2, 0) is 0 Å². The predicted octanol–water partition coefficient (Wildman–Crippen LogP) is 5.43. The van der Waals surface area contributed by atoms with Crippen molar-refractivity contribution < 1.29 is 9.53 Å². The molecule has 4 aromatic rings. The summed E-state index contributed by atoms with van der Waals surface area (Å²) < 4.78 is 5.74. The van der Waals surface area contributed by atoms with Gasteiger partial charge in [0.2, 0.25) is 0 Å². The first-order chi connectivity index (χ1) is 12.7. The molecule has 3 heteroatoms. The second kappa shape index (κ2) is 6.81. The van der Waals surface area contributed by atoms with Gasteiger partial charge in [0.1, 0.15) is 5.75 Å². The van der Waals surface area contributed by atoms with Crippen LogP contribution in [0.15, 0.2) is 84.9 Å². The molecule has 0 atom stereocenters. The number of esters is 1. The van der Waals surface area contributed by atoms with Crippen molar-refractivity contribution >= 4 is 16.9 Å². The number of aryl methyl sites for hydroxylation is 1. The summed E-state index contributed by atoms with van der Waals surface area (Å²) in [4.78, 5) is 17.3. The Hall–Kier alpha value is -3.46. The molecule has 126 valence electrons. The maximum absolute atomic E-state index is 12.6. The van der Waals surface area contributed by atoms with Crippen LogP contribution in [0.2, 0.25) is 0 Å². The summed E-state index contributed by atoms with van der Waals surface area (Å²) in [5, 5.41) is 0.813. The van der Waals surface area contributed by atoms with Gasteiger partial charge < -0.3 is 4.74 Å². The molecule has 0 radical (unpaired) electrons. The van der Waals surface area contributed by atoms with Crippen molar-refractivity contribution in [3.63, 3.8) is 0 Å². The molecule has 0 saturated heterocycles. The topological polar surface area (TPSA) is 39.2 Å². The lowest BCUT2D eigenvalue weighted by molar-refractivity contribution is 0.0737. The van der Waals surface area contributed by atoms with E-state index in [9.17, 15) is 4.79 Å². The van der Waals surface area contributed by atoms with E-state index in [-0.39, 0.29) is 5.97 Å². The largest absolute Gasteiger partial charge is 0.422 e. The van der Waals surface area contributed by atoms with Gasteiger partial charge in [0.15, 0.2) is 0 Å². The maximum Gasteiger partial charge on any atom is 0.343 e. The Bertz CT molecular complexity index is 1070. The van der Waals surface area contributed by atoms with Gasteiger partial charge in [-0.1, -0.05) is 60.2 Å². The highest BCUT2D eigenvalue weighted by Crippen LogP contribution is 2.30. The standard InChI is InChI=1S/C23H17NO2/c1-16-11-13-18(14-12-16)23(25)26-22-15-21(17-7-3-2-4-8-17)24-20-10-6-5-9-19(20)22/h2-15H,1H3/i22+1. The van der Waals surface area contributed by atoms with Crippen LogP contribution in [0.1, 0.15) is 15.9 Å². The molecule has 26 heavy (non-hydrogen) atoms. The first kappa shape index (κ1) is 16.0. The van der Waals surface area contributed by atoms with Gasteiger partial charge in [-0.25, -0.2) is 9.78 Å². The number of nitrogens with zero attached hydrogens (tertiary/aromatic N) is 1. The van der Waals surface area contributed by atoms with Crippen molar-refractivity contribution in [2.24, 2.45) is 0 Å². The normalized spacial score (nSPS) is 10.7. The fourth-order valence-corrected chi connectivity index (χ4v) is 2.83. The molecule has 0 amide bonds. The average Bonchev–Trinajstić information content (AvgIpc) is 2.69. The number of para-hydroxylation sites is 1. The molecule has 0 N–H and O–H groups in total. The number of hydrogen-bond acceptors (Lipinski definition) is 3. The number of carbonyl (C=O) groups excluding carboxylic acids is 1. The van der Waals surface area contributed by atoms with Crippen LogP contribution in [0.4, 0.5) is 0 Å². The Morgan fingerprint density at radius 1 is 0.846 bits per heavy atom. The monoisotopic (exact) mass is 340 g/mol. The minimum absolute atomic E-state index is 0.375. The van der Waals surface area contributed by atoms with E-state index in [1.54, 1.807) is 12.1 Å². The van der Waals surface area contributed by atoms with E-state index in [1.807, 2.05) is 79.7 Å². The number of carbonyl (C=O) groups is 1. The number of benzene rings is 3. The summed E-state index contributed by atoms with van der Waals surface area (Å²) in [6.07, 6.45) is 0. The maximum atomic E-state index is 12.6. The van der Waals surface area contributed by atoms with E-state index in [0.717, 1.165) is 27.7 Å².